The van der Waals surface area contributed by atoms with Crippen LogP contribution in [0.5, 0.6) is 0 Å². The molecule has 0 spiro atoms. The first kappa shape index (κ1) is 17.9. The molecule has 0 aromatic carbocycles. The third kappa shape index (κ3) is 8.00. The van der Waals surface area contributed by atoms with Gasteiger partial charge in [-0.15, -0.1) is 5.10 Å². The van der Waals surface area contributed by atoms with Crippen molar-refractivity contribution in [2.45, 2.75) is 12.1 Å². The van der Waals surface area contributed by atoms with Crippen molar-refractivity contribution in [1.82, 2.24) is 10.2 Å². The van der Waals surface area contributed by atoms with Crippen molar-refractivity contribution in [2.75, 3.05) is 52.5 Å². The number of aromatic nitrogens is 2. The molecule has 0 atom stereocenters. The van der Waals surface area contributed by atoms with E-state index in [1.54, 1.807) is 14.0 Å². The van der Waals surface area contributed by atoms with E-state index in [1.165, 1.54) is 11.8 Å². The van der Waals surface area contributed by atoms with Crippen molar-refractivity contribution in [3.8, 4) is 0 Å². The van der Waals surface area contributed by atoms with Crippen molar-refractivity contribution >= 4 is 17.7 Å². The molecule has 1 rings (SSSR count). The van der Waals surface area contributed by atoms with Crippen LogP contribution in [-0.2, 0) is 18.9 Å². The van der Waals surface area contributed by atoms with Gasteiger partial charge in [0, 0.05) is 12.9 Å². The van der Waals surface area contributed by atoms with Crippen molar-refractivity contribution in [3.63, 3.8) is 0 Å². The molecule has 0 bridgehead atoms. The monoisotopic (exact) mass is 320 g/mol. The topological polar surface area (TPSA) is 92.9 Å². The summed E-state index contributed by atoms with van der Waals surface area (Å²) in [7, 11) is 1.63. The first-order valence-electron chi connectivity index (χ1n) is 6.55. The van der Waals surface area contributed by atoms with Crippen LogP contribution in [-0.4, -0.2) is 68.7 Å². The van der Waals surface area contributed by atoms with E-state index < -0.39 is 5.97 Å². The van der Waals surface area contributed by atoms with Gasteiger partial charge < -0.3 is 23.4 Å². The maximum absolute atomic E-state index is 11.3. The van der Waals surface area contributed by atoms with Crippen LogP contribution in [0.4, 0.5) is 0 Å². The molecular weight excluding hydrogens is 300 g/mol. The Morgan fingerprint density at radius 1 is 1.14 bits per heavy atom. The first-order chi connectivity index (χ1) is 10.3. The number of thioether (sulfide) groups is 1. The van der Waals surface area contributed by atoms with Gasteiger partial charge in [0.1, 0.15) is 0 Å². The second-order valence-electron chi connectivity index (χ2n) is 3.66. The average molecular weight is 320 g/mol. The third-order valence-corrected chi connectivity index (χ3v) is 2.90. The van der Waals surface area contributed by atoms with E-state index in [1.807, 2.05) is 0 Å². The highest BCUT2D eigenvalue weighted by Crippen LogP contribution is 2.16. The van der Waals surface area contributed by atoms with Crippen molar-refractivity contribution in [1.29, 1.82) is 0 Å². The highest BCUT2D eigenvalue weighted by atomic mass is 32.2. The van der Waals surface area contributed by atoms with Gasteiger partial charge in [-0.3, -0.25) is 0 Å². The molecule has 0 N–H and O–H groups in total. The summed E-state index contributed by atoms with van der Waals surface area (Å²) in [4.78, 5) is 11.3. The number of methoxy groups -OCH3 is 1. The number of hydrogen-bond donors (Lipinski definition) is 0. The fraction of sp³-hybridized carbons (Fsp3) is 0.750. The highest BCUT2D eigenvalue weighted by molar-refractivity contribution is 7.99. The summed E-state index contributed by atoms with van der Waals surface area (Å²) in [6.45, 7) is 4.69. The number of ether oxygens (including phenoxy) is 4. The standard InChI is InChI=1S/C12H20N2O6S/c1-3-19-11(15)10-13-14-12(20-10)21-9-8-18-7-6-17-5-4-16-2/h3-9H2,1-2H3. The lowest BCUT2D eigenvalue weighted by molar-refractivity contribution is 0.0286. The summed E-state index contributed by atoms with van der Waals surface area (Å²) in [6.07, 6.45) is 0. The average Bonchev–Trinajstić information content (AvgIpc) is 2.95. The van der Waals surface area contributed by atoms with E-state index in [4.69, 9.17) is 23.4 Å². The van der Waals surface area contributed by atoms with Gasteiger partial charge in [0.15, 0.2) is 0 Å². The smallest absolute Gasteiger partial charge is 0.396 e. The largest absolute Gasteiger partial charge is 0.459 e. The zero-order chi connectivity index (χ0) is 15.3. The van der Waals surface area contributed by atoms with Gasteiger partial charge in [-0.05, 0) is 6.92 Å². The van der Waals surface area contributed by atoms with Crippen LogP contribution in [0.25, 0.3) is 0 Å². The first-order valence-corrected chi connectivity index (χ1v) is 7.54. The highest BCUT2D eigenvalue weighted by Gasteiger charge is 2.15. The molecule has 0 fully saturated rings. The Hall–Kier alpha value is -1.16. The lowest BCUT2D eigenvalue weighted by atomic mass is 10.7. The van der Waals surface area contributed by atoms with E-state index >= 15 is 0 Å². The number of esters is 1. The third-order valence-electron chi connectivity index (χ3n) is 2.11. The van der Waals surface area contributed by atoms with Gasteiger partial charge >= 0.3 is 11.9 Å². The number of carbonyl (C=O) groups excluding carboxylic acids is 1. The fourth-order valence-electron chi connectivity index (χ4n) is 1.20. The molecule has 120 valence electrons. The van der Waals surface area contributed by atoms with Crippen LogP contribution >= 0.6 is 11.8 Å². The molecule has 21 heavy (non-hydrogen) atoms. The lowest BCUT2D eigenvalue weighted by Gasteiger charge is -2.04. The number of hydrogen-bond acceptors (Lipinski definition) is 9. The minimum Gasteiger partial charge on any atom is -0.459 e. The van der Waals surface area contributed by atoms with Crippen LogP contribution in [0, 0.1) is 0 Å². The Bertz CT molecular complexity index is 401. The Labute approximate surface area is 127 Å². The van der Waals surface area contributed by atoms with E-state index in [-0.39, 0.29) is 12.5 Å². The summed E-state index contributed by atoms with van der Waals surface area (Å²) in [5.74, 6) is -0.101. The molecule has 0 aliphatic carbocycles. The van der Waals surface area contributed by atoms with E-state index in [2.05, 4.69) is 10.2 Å². The zero-order valence-corrected chi connectivity index (χ0v) is 13.0. The molecule has 0 aliphatic rings. The number of nitrogens with zero attached hydrogens (tertiary/aromatic N) is 2. The van der Waals surface area contributed by atoms with Crippen LogP contribution in [0.3, 0.4) is 0 Å². The molecule has 0 saturated heterocycles. The summed E-state index contributed by atoms with van der Waals surface area (Å²) in [6, 6.07) is 0. The Balaban J connectivity index is 2.04. The lowest BCUT2D eigenvalue weighted by Crippen LogP contribution is -2.09. The van der Waals surface area contributed by atoms with Crippen LogP contribution < -0.4 is 0 Å². The second-order valence-corrected chi connectivity index (χ2v) is 4.71. The van der Waals surface area contributed by atoms with Crippen molar-refractivity contribution in [2.24, 2.45) is 0 Å². The summed E-state index contributed by atoms with van der Waals surface area (Å²) in [5.41, 5.74) is 0. The summed E-state index contributed by atoms with van der Waals surface area (Å²) >= 11 is 1.31. The van der Waals surface area contributed by atoms with Crippen LogP contribution in [0.1, 0.15) is 17.6 Å². The fourth-order valence-corrected chi connectivity index (χ4v) is 1.81. The SMILES string of the molecule is CCOC(=O)c1nnc(SCCOCCOCCOC)o1. The van der Waals surface area contributed by atoms with E-state index in [0.29, 0.717) is 44.0 Å². The van der Waals surface area contributed by atoms with Gasteiger partial charge in [-0.25, -0.2) is 4.79 Å². The van der Waals surface area contributed by atoms with Crippen molar-refractivity contribution < 1.29 is 28.2 Å². The number of rotatable bonds is 12. The van der Waals surface area contributed by atoms with Gasteiger partial charge in [0.25, 0.3) is 5.22 Å². The van der Waals surface area contributed by atoms with Gasteiger partial charge in [0.2, 0.25) is 0 Å². The van der Waals surface area contributed by atoms with Crippen LogP contribution in [0.2, 0.25) is 0 Å². The maximum Gasteiger partial charge on any atom is 0.396 e. The van der Waals surface area contributed by atoms with Gasteiger partial charge in [-0.2, -0.15) is 0 Å². The minimum absolute atomic E-state index is 0.133. The predicted molar refractivity (Wildman–Crippen MR) is 74.5 cm³/mol. The molecule has 0 amide bonds. The quantitative estimate of drug-likeness (QED) is 0.318. The zero-order valence-electron chi connectivity index (χ0n) is 12.2. The normalized spacial score (nSPS) is 10.8. The Morgan fingerprint density at radius 3 is 2.57 bits per heavy atom. The number of carbonyl (C=O) groups is 1. The molecule has 9 heteroatoms. The molecule has 0 aliphatic heterocycles. The molecule has 0 radical (unpaired) electrons. The Kier molecular flexibility index (Phi) is 9.79. The van der Waals surface area contributed by atoms with E-state index in [9.17, 15) is 4.79 Å². The predicted octanol–water partition coefficient (Wildman–Crippen LogP) is 1.02. The molecule has 1 aromatic heterocycles. The minimum atomic E-state index is -0.610. The summed E-state index contributed by atoms with van der Waals surface area (Å²) in [5, 5.41) is 7.66. The maximum atomic E-state index is 11.3. The second kappa shape index (κ2) is 11.5. The molecule has 8 nitrogen and oxygen atoms in total. The van der Waals surface area contributed by atoms with E-state index in [0.717, 1.165) is 0 Å². The molecule has 1 heterocycles. The Morgan fingerprint density at radius 2 is 1.86 bits per heavy atom. The van der Waals surface area contributed by atoms with Gasteiger partial charge in [0.05, 0.1) is 39.6 Å². The molecule has 0 saturated carbocycles. The molecular formula is C12H20N2O6S. The van der Waals surface area contributed by atoms with Crippen LogP contribution in [0.15, 0.2) is 9.64 Å². The molecule has 1 aromatic rings. The van der Waals surface area contributed by atoms with Crippen molar-refractivity contribution in [3.05, 3.63) is 5.89 Å². The van der Waals surface area contributed by atoms with Gasteiger partial charge in [-0.1, -0.05) is 16.9 Å². The summed E-state index contributed by atoms with van der Waals surface area (Å²) < 4.78 is 25.3. The molecule has 0 unspecified atom stereocenters.